The molecule has 0 amide bonds. The molecule has 0 fully saturated rings. The number of methoxy groups -OCH3 is 1. The van der Waals surface area contributed by atoms with Gasteiger partial charge in [0.05, 0.1) is 18.9 Å². The van der Waals surface area contributed by atoms with E-state index in [1.807, 2.05) is 41.5 Å². The van der Waals surface area contributed by atoms with Crippen molar-refractivity contribution in [3.8, 4) is 11.5 Å². The van der Waals surface area contributed by atoms with Gasteiger partial charge in [0.2, 0.25) is 0 Å². The Morgan fingerprint density at radius 3 is 1.85 bits per heavy atom. The van der Waals surface area contributed by atoms with Crippen molar-refractivity contribution in [2.24, 2.45) is 35.3 Å². The number of rotatable bonds is 15. The molecule has 40 heavy (non-hydrogen) atoms. The summed E-state index contributed by atoms with van der Waals surface area (Å²) in [5.41, 5.74) is 5.56. The molecule has 0 radical (unpaired) electrons. The Morgan fingerprint density at radius 2 is 1.38 bits per heavy atom. The summed E-state index contributed by atoms with van der Waals surface area (Å²) in [4.78, 5) is 50.6. The first-order chi connectivity index (χ1) is 18.5. The van der Waals surface area contributed by atoms with Gasteiger partial charge in [-0.2, -0.15) is 0 Å². The van der Waals surface area contributed by atoms with Crippen molar-refractivity contribution in [2.75, 3.05) is 7.11 Å². The molecule has 1 aromatic carbocycles. The minimum absolute atomic E-state index is 0.00612. The zero-order valence-corrected chi connectivity index (χ0v) is 25.9. The maximum Gasteiger partial charge on any atom is 0.326 e. The van der Waals surface area contributed by atoms with E-state index >= 15 is 0 Å². The van der Waals surface area contributed by atoms with Crippen molar-refractivity contribution in [1.29, 1.82) is 0 Å². The quantitative estimate of drug-likeness (QED) is 0.224. The molecule has 4 unspecified atom stereocenters. The minimum Gasteiger partial charge on any atom is -0.468 e. The van der Waals surface area contributed by atoms with Crippen LogP contribution in [0.2, 0.25) is 0 Å². The van der Waals surface area contributed by atoms with E-state index in [-0.39, 0.29) is 60.4 Å². The lowest BCUT2D eigenvalue weighted by Gasteiger charge is -2.29. The fraction of sp³-hybridized carbons (Fsp3) is 0.677. The molecule has 0 aliphatic carbocycles. The van der Waals surface area contributed by atoms with Crippen molar-refractivity contribution >= 4 is 23.9 Å². The lowest BCUT2D eigenvalue weighted by Crippen LogP contribution is -2.53. The van der Waals surface area contributed by atoms with Crippen LogP contribution in [0.1, 0.15) is 87.1 Å². The van der Waals surface area contributed by atoms with Crippen LogP contribution in [0.15, 0.2) is 18.2 Å². The Hall–Kier alpha value is -2.94. The molecule has 1 aromatic rings. The zero-order valence-electron chi connectivity index (χ0n) is 25.9. The Bertz CT molecular complexity index is 1020. The number of carbonyl (C=O) groups excluding carboxylic acids is 4. The molecular formula is C31H49NO8. The Labute approximate surface area is 239 Å². The number of nitrogens with two attached hydrogens (primary N) is 1. The Kier molecular flexibility index (Phi) is 13.8. The first-order valence-electron chi connectivity index (χ1n) is 14.2. The van der Waals surface area contributed by atoms with Crippen LogP contribution < -0.4 is 15.2 Å². The van der Waals surface area contributed by atoms with E-state index in [4.69, 9.17) is 24.7 Å². The SMILES string of the molecule is CCC(C)CC(=O)OC(C)C[C@@](N)(Cc1ccc(OC(=O)C(C)C(C)C)c(OC(=O)C(C)C(C)C)c1)C(=O)OC. The average molecular weight is 564 g/mol. The average Bonchev–Trinajstić information content (AvgIpc) is 2.87. The smallest absolute Gasteiger partial charge is 0.326 e. The minimum atomic E-state index is -1.54. The Balaban J connectivity index is 3.32. The fourth-order valence-corrected chi connectivity index (χ4v) is 3.82. The van der Waals surface area contributed by atoms with Gasteiger partial charge < -0.3 is 24.7 Å². The predicted molar refractivity (Wildman–Crippen MR) is 153 cm³/mol. The standard InChI is InChI=1S/C31H49NO8/c1-11-20(6)14-27(33)38-21(7)16-31(32,30(36)37-10)17-24-12-13-25(39-28(34)22(8)18(2)3)26(15-24)40-29(35)23(9)19(4)5/h12-13,15,18-23H,11,14,16-17,32H2,1-10H3/t20?,21?,22?,23?,31-/m1/s1. The lowest BCUT2D eigenvalue weighted by atomic mass is 9.86. The van der Waals surface area contributed by atoms with Crippen LogP contribution in [0.3, 0.4) is 0 Å². The van der Waals surface area contributed by atoms with Gasteiger partial charge in [0.15, 0.2) is 11.5 Å². The van der Waals surface area contributed by atoms with Gasteiger partial charge in [-0.3, -0.25) is 19.2 Å². The normalized spacial score (nSPS) is 15.9. The van der Waals surface area contributed by atoms with Gasteiger partial charge >= 0.3 is 23.9 Å². The molecule has 0 aromatic heterocycles. The van der Waals surface area contributed by atoms with E-state index < -0.39 is 35.5 Å². The van der Waals surface area contributed by atoms with Crippen molar-refractivity contribution in [2.45, 2.75) is 99.6 Å². The number of benzene rings is 1. The van der Waals surface area contributed by atoms with Crippen LogP contribution in [0, 0.1) is 29.6 Å². The number of carbonyl (C=O) groups is 4. The summed E-state index contributed by atoms with van der Waals surface area (Å²) in [5, 5.41) is 0. The number of ether oxygens (including phenoxy) is 4. The lowest BCUT2D eigenvalue weighted by molar-refractivity contribution is -0.155. The zero-order chi connectivity index (χ0) is 30.8. The van der Waals surface area contributed by atoms with Gasteiger partial charge in [0, 0.05) is 19.3 Å². The third-order valence-electron chi connectivity index (χ3n) is 7.48. The molecule has 0 aliphatic heterocycles. The maximum absolute atomic E-state index is 12.8. The highest BCUT2D eigenvalue weighted by Crippen LogP contribution is 2.33. The molecule has 0 bridgehead atoms. The largest absolute Gasteiger partial charge is 0.468 e. The maximum atomic E-state index is 12.8. The molecule has 0 saturated carbocycles. The second-order valence-electron chi connectivity index (χ2n) is 11.7. The monoisotopic (exact) mass is 563 g/mol. The van der Waals surface area contributed by atoms with Crippen molar-refractivity contribution < 1.29 is 38.1 Å². The highest BCUT2D eigenvalue weighted by molar-refractivity contribution is 5.81. The van der Waals surface area contributed by atoms with Crippen LogP contribution in [-0.2, 0) is 35.1 Å². The van der Waals surface area contributed by atoms with E-state index in [9.17, 15) is 19.2 Å². The summed E-state index contributed by atoms with van der Waals surface area (Å²) in [6, 6.07) is 4.71. The third-order valence-corrected chi connectivity index (χ3v) is 7.48. The molecule has 0 saturated heterocycles. The van der Waals surface area contributed by atoms with Gasteiger partial charge in [-0.05, 0) is 42.4 Å². The highest BCUT2D eigenvalue weighted by atomic mass is 16.6. The van der Waals surface area contributed by atoms with Gasteiger partial charge in [-0.15, -0.1) is 0 Å². The van der Waals surface area contributed by atoms with E-state index in [2.05, 4.69) is 0 Å². The van der Waals surface area contributed by atoms with E-state index in [1.54, 1.807) is 26.8 Å². The van der Waals surface area contributed by atoms with Gasteiger partial charge in [-0.25, -0.2) is 0 Å². The highest BCUT2D eigenvalue weighted by Gasteiger charge is 2.38. The molecule has 2 N–H and O–H groups in total. The molecule has 9 nitrogen and oxygen atoms in total. The summed E-state index contributed by atoms with van der Waals surface area (Å²) < 4.78 is 21.8. The van der Waals surface area contributed by atoms with Crippen LogP contribution >= 0.6 is 0 Å². The number of hydrogen-bond donors (Lipinski definition) is 1. The first-order valence-corrected chi connectivity index (χ1v) is 14.2. The first kappa shape index (κ1) is 35.1. The van der Waals surface area contributed by atoms with Crippen LogP contribution in [0.25, 0.3) is 0 Å². The summed E-state index contributed by atoms with van der Waals surface area (Å²) in [5.74, 6) is -2.33. The van der Waals surface area contributed by atoms with Gasteiger partial charge in [0.25, 0.3) is 0 Å². The predicted octanol–water partition coefficient (Wildman–Crippen LogP) is 5.25. The van der Waals surface area contributed by atoms with E-state index in [0.29, 0.717) is 5.56 Å². The summed E-state index contributed by atoms with van der Waals surface area (Å²) in [6.07, 6.45) is 0.469. The van der Waals surface area contributed by atoms with Gasteiger partial charge in [0.1, 0.15) is 11.6 Å². The molecule has 0 aliphatic rings. The second-order valence-corrected chi connectivity index (χ2v) is 11.7. The molecule has 226 valence electrons. The molecule has 1 rings (SSSR count). The van der Waals surface area contributed by atoms with Crippen LogP contribution in [0.4, 0.5) is 0 Å². The van der Waals surface area contributed by atoms with Crippen molar-refractivity contribution in [3.05, 3.63) is 23.8 Å². The van der Waals surface area contributed by atoms with Crippen molar-refractivity contribution in [1.82, 2.24) is 0 Å². The fourth-order valence-electron chi connectivity index (χ4n) is 3.82. The number of hydrogen-bond acceptors (Lipinski definition) is 9. The summed E-state index contributed by atoms with van der Waals surface area (Å²) in [7, 11) is 1.24. The third kappa shape index (κ3) is 10.6. The summed E-state index contributed by atoms with van der Waals surface area (Å²) >= 11 is 0. The molecule has 0 heterocycles. The summed E-state index contributed by atoms with van der Waals surface area (Å²) in [6.45, 7) is 16.8. The second kappa shape index (κ2) is 15.7. The molecule has 5 atom stereocenters. The van der Waals surface area contributed by atoms with Crippen LogP contribution in [0.5, 0.6) is 11.5 Å². The van der Waals surface area contributed by atoms with E-state index in [0.717, 1.165) is 6.42 Å². The van der Waals surface area contributed by atoms with Crippen molar-refractivity contribution in [3.63, 3.8) is 0 Å². The molecular weight excluding hydrogens is 514 g/mol. The number of esters is 4. The molecule has 9 heteroatoms. The van der Waals surface area contributed by atoms with Gasteiger partial charge in [-0.1, -0.05) is 67.9 Å². The topological polar surface area (TPSA) is 131 Å². The molecule has 0 spiro atoms. The van der Waals surface area contributed by atoms with Crippen LogP contribution in [-0.4, -0.2) is 42.6 Å². The Morgan fingerprint density at radius 1 is 0.850 bits per heavy atom. The van der Waals surface area contributed by atoms with E-state index in [1.165, 1.54) is 19.2 Å².